The zero-order chi connectivity index (χ0) is 36.7. The molecule has 0 unspecified atom stereocenters. The molecule has 0 amide bonds. The van der Waals surface area contributed by atoms with Crippen molar-refractivity contribution in [2.24, 2.45) is 0 Å². The highest BCUT2D eigenvalue weighted by Gasteiger charge is 2.35. The summed E-state index contributed by atoms with van der Waals surface area (Å²) in [6, 6.07) is 60.1. The maximum absolute atomic E-state index is 4.98. The fourth-order valence-electron chi connectivity index (χ4n) is 8.68. The lowest BCUT2D eigenvalue weighted by atomic mass is 9.74. The van der Waals surface area contributed by atoms with Crippen LogP contribution in [0.1, 0.15) is 25.0 Å². The van der Waals surface area contributed by atoms with E-state index >= 15 is 0 Å². The van der Waals surface area contributed by atoms with Gasteiger partial charge in [0.15, 0.2) is 17.5 Å². The summed E-state index contributed by atoms with van der Waals surface area (Å²) in [7, 11) is 0. The van der Waals surface area contributed by atoms with Gasteiger partial charge in [0.2, 0.25) is 0 Å². The van der Waals surface area contributed by atoms with Crippen molar-refractivity contribution in [1.82, 2.24) is 24.1 Å². The van der Waals surface area contributed by atoms with Crippen LogP contribution in [0.25, 0.3) is 89.4 Å². The van der Waals surface area contributed by atoms with Crippen molar-refractivity contribution in [3.05, 3.63) is 187 Å². The van der Waals surface area contributed by atoms with Crippen LogP contribution in [0.4, 0.5) is 0 Å². The third kappa shape index (κ3) is 4.83. The SMILES string of the molecule is CC1(C)c2ccccc2-n2ccc3c4c5ccccc5n(-c5ccc(-c6cccc(-c7nc(-c8ccccc8)nc(-c8ccccc8)n7)c6)cc5)c4cc1c32. The van der Waals surface area contributed by atoms with Gasteiger partial charge in [0.05, 0.1) is 16.6 Å². The summed E-state index contributed by atoms with van der Waals surface area (Å²) in [6.07, 6.45) is 2.25. The number of aromatic nitrogens is 5. The molecule has 260 valence electrons. The molecule has 0 N–H and O–H groups in total. The van der Waals surface area contributed by atoms with Crippen LogP contribution < -0.4 is 0 Å². The minimum absolute atomic E-state index is 0.157. The molecule has 3 aromatic heterocycles. The Kier molecular flexibility index (Phi) is 6.83. The first-order valence-electron chi connectivity index (χ1n) is 18.8. The average molecular weight is 706 g/mol. The fourth-order valence-corrected chi connectivity index (χ4v) is 8.68. The molecule has 0 saturated carbocycles. The molecule has 0 aliphatic carbocycles. The molecule has 55 heavy (non-hydrogen) atoms. The van der Waals surface area contributed by atoms with E-state index in [0.29, 0.717) is 17.5 Å². The number of rotatable bonds is 5. The van der Waals surface area contributed by atoms with Crippen molar-refractivity contribution in [3.8, 4) is 56.7 Å². The monoisotopic (exact) mass is 705 g/mol. The lowest BCUT2D eigenvalue weighted by Gasteiger charge is -2.34. The van der Waals surface area contributed by atoms with Crippen LogP contribution in [0.3, 0.4) is 0 Å². The van der Waals surface area contributed by atoms with Crippen molar-refractivity contribution >= 4 is 32.7 Å². The molecule has 5 heteroatoms. The van der Waals surface area contributed by atoms with Crippen LogP contribution >= 0.6 is 0 Å². The molecule has 0 atom stereocenters. The number of para-hydroxylation sites is 2. The van der Waals surface area contributed by atoms with Crippen molar-refractivity contribution in [2.45, 2.75) is 19.3 Å². The lowest BCUT2D eigenvalue weighted by molar-refractivity contribution is 0.629. The van der Waals surface area contributed by atoms with Gasteiger partial charge >= 0.3 is 0 Å². The van der Waals surface area contributed by atoms with E-state index in [1.165, 1.54) is 49.5 Å². The van der Waals surface area contributed by atoms with Gasteiger partial charge in [-0.2, -0.15) is 0 Å². The molecule has 0 bridgehead atoms. The van der Waals surface area contributed by atoms with E-state index in [9.17, 15) is 0 Å². The van der Waals surface area contributed by atoms with Crippen LogP contribution in [0.2, 0.25) is 0 Å². The Morgan fingerprint density at radius 1 is 0.436 bits per heavy atom. The summed E-state index contributed by atoms with van der Waals surface area (Å²) in [5.41, 5.74) is 13.7. The molecule has 1 aliphatic rings. The zero-order valence-corrected chi connectivity index (χ0v) is 30.5. The van der Waals surface area contributed by atoms with Crippen LogP contribution in [0, 0.1) is 0 Å². The molecule has 5 nitrogen and oxygen atoms in total. The van der Waals surface area contributed by atoms with Crippen molar-refractivity contribution in [1.29, 1.82) is 0 Å². The molecule has 10 aromatic rings. The van der Waals surface area contributed by atoms with Crippen LogP contribution in [0.5, 0.6) is 0 Å². The molecule has 7 aromatic carbocycles. The summed E-state index contributed by atoms with van der Waals surface area (Å²) in [4.78, 5) is 14.8. The highest BCUT2D eigenvalue weighted by Crippen LogP contribution is 2.48. The molecular formula is C50H35N5. The van der Waals surface area contributed by atoms with Gasteiger partial charge in [-0.05, 0) is 64.7 Å². The second-order valence-electron chi connectivity index (χ2n) is 14.9. The topological polar surface area (TPSA) is 48.5 Å². The Bertz CT molecular complexity index is 3040. The summed E-state index contributed by atoms with van der Waals surface area (Å²) < 4.78 is 4.83. The minimum atomic E-state index is -0.157. The van der Waals surface area contributed by atoms with Gasteiger partial charge in [-0.15, -0.1) is 0 Å². The van der Waals surface area contributed by atoms with E-state index in [1.54, 1.807) is 0 Å². The van der Waals surface area contributed by atoms with E-state index in [1.807, 2.05) is 60.7 Å². The largest absolute Gasteiger partial charge is 0.316 e. The van der Waals surface area contributed by atoms with Gasteiger partial charge < -0.3 is 9.13 Å². The number of benzene rings is 7. The lowest BCUT2D eigenvalue weighted by Crippen LogP contribution is -2.26. The van der Waals surface area contributed by atoms with Crippen LogP contribution in [0.15, 0.2) is 176 Å². The van der Waals surface area contributed by atoms with Crippen LogP contribution in [-0.4, -0.2) is 24.1 Å². The fraction of sp³-hybridized carbons (Fsp3) is 0.0600. The Morgan fingerprint density at radius 3 is 1.76 bits per heavy atom. The average Bonchev–Trinajstić information content (AvgIpc) is 3.83. The van der Waals surface area contributed by atoms with E-state index in [2.05, 4.69) is 138 Å². The summed E-state index contributed by atoms with van der Waals surface area (Å²) in [6.45, 7) is 4.72. The Morgan fingerprint density at radius 2 is 1.04 bits per heavy atom. The first-order valence-corrected chi connectivity index (χ1v) is 18.8. The van der Waals surface area contributed by atoms with Gasteiger partial charge in [-0.25, -0.2) is 15.0 Å². The van der Waals surface area contributed by atoms with Gasteiger partial charge in [0, 0.05) is 55.8 Å². The minimum Gasteiger partial charge on any atom is -0.316 e. The first-order chi connectivity index (χ1) is 27.0. The summed E-state index contributed by atoms with van der Waals surface area (Å²) >= 11 is 0. The number of nitrogens with zero attached hydrogens (tertiary/aromatic N) is 5. The van der Waals surface area contributed by atoms with E-state index in [4.69, 9.17) is 15.0 Å². The van der Waals surface area contributed by atoms with E-state index in [0.717, 1.165) is 33.5 Å². The predicted molar refractivity (Wildman–Crippen MR) is 225 cm³/mol. The number of fused-ring (bicyclic) bond motifs is 6. The maximum Gasteiger partial charge on any atom is 0.164 e. The standard InChI is InChI=1S/C50H35N5/c1-50(2)40-21-10-12-23-43(40)54-29-28-39-45-38-20-9-11-22-42(38)55(44(45)31-41(50)46(39)54)37-26-24-32(25-27-37)35-18-13-19-36(30-35)49-52-47(33-14-5-3-6-15-33)51-48(53-49)34-16-7-4-8-17-34/h3-31H,1-2H3. The quantitative estimate of drug-likeness (QED) is 0.179. The molecular weight excluding hydrogens is 671 g/mol. The number of hydrogen-bond acceptors (Lipinski definition) is 3. The van der Waals surface area contributed by atoms with Crippen molar-refractivity contribution in [2.75, 3.05) is 0 Å². The molecule has 0 fully saturated rings. The smallest absolute Gasteiger partial charge is 0.164 e. The second-order valence-corrected chi connectivity index (χ2v) is 14.9. The van der Waals surface area contributed by atoms with Crippen LogP contribution in [-0.2, 0) is 5.41 Å². The van der Waals surface area contributed by atoms with E-state index in [-0.39, 0.29) is 5.41 Å². The van der Waals surface area contributed by atoms with E-state index < -0.39 is 0 Å². The molecule has 0 radical (unpaired) electrons. The zero-order valence-electron chi connectivity index (χ0n) is 30.5. The molecule has 1 aliphatic heterocycles. The Hall–Kier alpha value is -7.11. The first kappa shape index (κ1) is 31.4. The molecule has 11 rings (SSSR count). The predicted octanol–water partition coefficient (Wildman–Crippen LogP) is 12.2. The molecule has 4 heterocycles. The highest BCUT2D eigenvalue weighted by molar-refractivity contribution is 6.22. The third-order valence-corrected chi connectivity index (χ3v) is 11.4. The van der Waals surface area contributed by atoms with Gasteiger partial charge in [-0.3, -0.25) is 0 Å². The second kappa shape index (κ2) is 12.0. The van der Waals surface area contributed by atoms with Gasteiger partial charge in [-0.1, -0.05) is 141 Å². The molecule has 0 saturated heterocycles. The van der Waals surface area contributed by atoms with Crippen molar-refractivity contribution < 1.29 is 0 Å². The Labute approximate surface area is 318 Å². The normalized spacial score (nSPS) is 13.1. The highest BCUT2D eigenvalue weighted by atomic mass is 15.0. The van der Waals surface area contributed by atoms with Gasteiger partial charge in [0.25, 0.3) is 0 Å². The third-order valence-electron chi connectivity index (χ3n) is 11.4. The van der Waals surface area contributed by atoms with Crippen molar-refractivity contribution in [3.63, 3.8) is 0 Å². The summed E-state index contributed by atoms with van der Waals surface area (Å²) in [5.74, 6) is 1.95. The maximum atomic E-state index is 4.98. The number of hydrogen-bond donors (Lipinski definition) is 0. The molecule has 0 spiro atoms. The Balaban J connectivity index is 1.03. The van der Waals surface area contributed by atoms with Gasteiger partial charge in [0.1, 0.15) is 0 Å². The summed E-state index contributed by atoms with van der Waals surface area (Å²) in [5, 5.41) is 3.85.